The van der Waals surface area contributed by atoms with Crippen LogP contribution < -0.4 is 11.1 Å². The van der Waals surface area contributed by atoms with E-state index in [1.807, 2.05) is 0 Å². The van der Waals surface area contributed by atoms with Gasteiger partial charge in [-0.05, 0) is 30.2 Å². The third kappa shape index (κ3) is 4.11. The number of anilines is 1. The fourth-order valence-corrected chi connectivity index (χ4v) is 1.56. The lowest BCUT2D eigenvalue weighted by Gasteiger charge is -2.07. The largest absolute Gasteiger partial charge is 0.398 e. The quantitative estimate of drug-likeness (QED) is 0.613. The van der Waals surface area contributed by atoms with Gasteiger partial charge in [0.1, 0.15) is 0 Å². The zero-order valence-corrected chi connectivity index (χ0v) is 10.2. The monoisotopic (exact) mass is 240 g/mol. The van der Waals surface area contributed by atoms with E-state index in [2.05, 4.69) is 12.2 Å². The first-order valence-electron chi connectivity index (χ1n) is 5.44. The van der Waals surface area contributed by atoms with Gasteiger partial charge in [0.05, 0.1) is 6.42 Å². The van der Waals surface area contributed by atoms with Crippen molar-refractivity contribution in [3.63, 3.8) is 0 Å². The Bertz CT molecular complexity index is 366. The van der Waals surface area contributed by atoms with E-state index in [1.54, 1.807) is 18.2 Å². The minimum Gasteiger partial charge on any atom is -0.398 e. The van der Waals surface area contributed by atoms with Crippen molar-refractivity contribution in [2.75, 3.05) is 12.3 Å². The smallest absolute Gasteiger partial charge is 0.224 e. The van der Waals surface area contributed by atoms with Gasteiger partial charge < -0.3 is 11.1 Å². The van der Waals surface area contributed by atoms with Crippen LogP contribution in [0.4, 0.5) is 5.69 Å². The number of nitrogen functional groups attached to an aromatic ring is 1. The second-order valence-corrected chi connectivity index (χ2v) is 4.16. The van der Waals surface area contributed by atoms with Crippen molar-refractivity contribution in [1.82, 2.24) is 5.32 Å². The Morgan fingerprint density at radius 1 is 1.50 bits per heavy atom. The van der Waals surface area contributed by atoms with Gasteiger partial charge in [0.2, 0.25) is 5.91 Å². The SMILES string of the molecule is CCCCNC(=O)Cc1cc(Cl)ccc1N. The second-order valence-electron chi connectivity index (χ2n) is 3.72. The summed E-state index contributed by atoms with van der Waals surface area (Å²) in [6, 6.07) is 5.17. The molecule has 0 fully saturated rings. The van der Waals surface area contributed by atoms with Crippen molar-refractivity contribution in [2.45, 2.75) is 26.2 Å². The molecular formula is C12H17ClN2O. The normalized spacial score (nSPS) is 10.1. The van der Waals surface area contributed by atoms with E-state index in [4.69, 9.17) is 17.3 Å². The summed E-state index contributed by atoms with van der Waals surface area (Å²) in [6.07, 6.45) is 2.35. The van der Waals surface area contributed by atoms with E-state index in [0.29, 0.717) is 10.7 Å². The number of halogens is 1. The Labute approximate surface area is 101 Å². The molecule has 4 heteroatoms. The zero-order valence-electron chi connectivity index (χ0n) is 9.42. The van der Waals surface area contributed by atoms with E-state index in [9.17, 15) is 4.79 Å². The number of carbonyl (C=O) groups is 1. The van der Waals surface area contributed by atoms with Gasteiger partial charge in [-0.3, -0.25) is 4.79 Å². The van der Waals surface area contributed by atoms with Crippen LogP contribution in [0.15, 0.2) is 18.2 Å². The lowest BCUT2D eigenvalue weighted by atomic mass is 10.1. The number of rotatable bonds is 5. The first kappa shape index (κ1) is 12.8. The molecule has 1 amide bonds. The molecule has 0 heterocycles. The number of benzene rings is 1. The molecule has 0 atom stereocenters. The second kappa shape index (κ2) is 6.38. The van der Waals surface area contributed by atoms with Gasteiger partial charge in [-0.15, -0.1) is 0 Å². The van der Waals surface area contributed by atoms with Crippen molar-refractivity contribution < 1.29 is 4.79 Å². The van der Waals surface area contributed by atoms with Gasteiger partial charge in [0.25, 0.3) is 0 Å². The predicted octanol–water partition coefficient (Wildman–Crippen LogP) is 2.38. The summed E-state index contributed by atoms with van der Waals surface area (Å²) >= 11 is 5.84. The van der Waals surface area contributed by atoms with E-state index >= 15 is 0 Å². The summed E-state index contributed by atoms with van der Waals surface area (Å²) in [5.74, 6) is -0.0117. The van der Waals surface area contributed by atoms with Crippen molar-refractivity contribution in [3.8, 4) is 0 Å². The van der Waals surface area contributed by atoms with Crippen LogP contribution in [-0.4, -0.2) is 12.5 Å². The molecule has 88 valence electrons. The Morgan fingerprint density at radius 3 is 2.94 bits per heavy atom. The number of hydrogen-bond donors (Lipinski definition) is 2. The van der Waals surface area contributed by atoms with Crippen molar-refractivity contribution in [3.05, 3.63) is 28.8 Å². The highest BCUT2D eigenvalue weighted by molar-refractivity contribution is 6.30. The topological polar surface area (TPSA) is 55.1 Å². The van der Waals surface area contributed by atoms with Crippen LogP contribution in [0.2, 0.25) is 5.02 Å². The van der Waals surface area contributed by atoms with Crippen LogP contribution in [-0.2, 0) is 11.2 Å². The molecule has 0 saturated carbocycles. The summed E-state index contributed by atoms with van der Waals surface area (Å²) in [5.41, 5.74) is 7.14. The fraction of sp³-hybridized carbons (Fsp3) is 0.417. The molecule has 1 rings (SSSR count). The highest BCUT2D eigenvalue weighted by Crippen LogP contribution is 2.18. The minimum atomic E-state index is -0.0117. The predicted molar refractivity (Wildman–Crippen MR) is 67.5 cm³/mol. The number of amides is 1. The first-order chi connectivity index (χ1) is 7.63. The van der Waals surface area contributed by atoms with E-state index < -0.39 is 0 Å². The van der Waals surface area contributed by atoms with Gasteiger partial charge in [-0.25, -0.2) is 0 Å². The fourth-order valence-electron chi connectivity index (χ4n) is 1.37. The van der Waals surface area contributed by atoms with Crippen molar-refractivity contribution >= 4 is 23.2 Å². The number of unbranched alkanes of at least 4 members (excludes halogenated alkanes) is 1. The zero-order chi connectivity index (χ0) is 12.0. The van der Waals surface area contributed by atoms with E-state index in [-0.39, 0.29) is 12.3 Å². The molecule has 16 heavy (non-hydrogen) atoms. The molecule has 0 bridgehead atoms. The Balaban J connectivity index is 2.52. The van der Waals surface area contributed by atoms with Crippen molar-refractivity contribution in [2.24, 2.45) is 0 Å². The summed E-state index contributed by atoms with van der Waals surface area (Å²) in [7, 11) is 0. The minimum absolute atomic E-state index is 0.0117. The average molecular weight is 241 g/mol. The number of hydrogen-bond acceptors (Lipinski definition) is 2. The third-order valence-electron chi connectivity index (χ3n) is 2.31. The van der Waals surface area contributed by atoms with Gasteiger partial charge in [0, 0.05) is 17.3 Å². The molecule has 0 unspecified atom stereocenters. The Morgan fingerprint density at radius 2 is 2.25 bits per heavy atom. The molecule has 3 N–H and O–H groups in total. The highest BCUT2D eigenvalue weighted by atomic mass is 35.5. The number of carbonyl (C=O) groups excluding carboxylic acids is 1. The van der Waals surface area contributed by atoms with Crippen LogP contribution in [0.5, 0.6) is 0 Å². The van der Waals surface area contributed by atoms with Crippen molar-refractivity contribution in [1.29, 1.82) is 0 Å². The first-order valence-corrected chi connectivity index (χ1v) is 5.82. The molecule has 3 nitrogen and oxygen atoms in total. The standard InChI is InChI=1S/C12H17ClN2O/c1-2-3-6-15-12(16)8-9-7-10(13)4-5-11(9)14/h4-5,7H,2-3,6,8,14H2,1H3,(H,15,16). The summed E-state index contributed by atoms with van der Waals surface area (Å²) in [6.45, 7) is 2.80. The van der Waals surface area contributed by atoms with Crippen LogP contribution in [0.1, 0.15) is 25.3 Å². The molecule has 0 aliphatic rings. The maximum atomic E-state index is 11.5. The van der Waals surface area contributed by atoms with E-state index in [1.165, 1.54) is 0 Å². The van der Waals surface area contributed by atoms with Crippen LogP contribution in [0, 0.1) is 0 Å². The third-order valence-corrected chi connectivity index (χ3v) is 2.54. The summed E-state index contributed by atoms with van der Waals surface area (Å²) < 4.78 is 0. The lowest BCUT2D eigenvalue weighted by Crippen LogP contribution is -2.26. The van der Waals surface area contributed by atoms with Gasteiger partial charge in [-0.2, -0.15) is 0 Å². The maximum absolute atomic E-state index is 11.5. The molecule has 0 aromatic heterocycles. The Kier molecular flexibility index (Phi) is 5.12. The molecule has 0 aliphatic heterocycles. The molecule has 0 aliphatic carbocycles. The summed E-state index contributed by atoms with van der Waals surface area (Å²) in [5, 5.41) is 3.44. The van der Waals surface area contributed by atoms with Crippen LogP contribution in [0.25, 0.3) is 0 Å². The average Bonchev–Trinajstić information content (AvgIpc) is 2.24. The molecule has 0 radical (unpaired) electrons. The highest BCUT2D eigenvalue weighted by Gasteiger charge is 2.06. The van der Waals surface area contributed by atoms with Crippen LogP contribution in [0.3, 0.4) is 0 Å². The number of nitrogens with two attached hydrogens (primary N) is 1. The maximum Gasteiger partial charge on any atom is 0.224 e. The Hall–Kier alpha value is -1.22. The van der Waals surface area contributed by atoms with E-state index in [0.717, 1.165) is 24.9 Å². The number of nitrogens with one attached hydrogen (secondary N) is 1. The molecular weight excluding hydrogens is 224 g/mol. The molecule has 1 aromatic carbocycles. The van der Waals surface area contributed by atoms with Crippen LogP contribution >= 0.6 is 11.6 Å². The van der Waals surface area contributed by atoms with Gasteiger partial charge in [-0.1, -0.05) is 24.9 Å². The summed E-state index contributed by atoms with van der Waals surface area (Å²) in [4.78, 5) is 11.5. The molecule has 1 aromatic rings. The molecule has 0 spiro atoms. The molecule has 0 saturated heterocycles. The van der Waals surface area contributed by atoms with Gasteiger partial charge >= 0.3 is 0 Å². The lowest BCUT2D eigenvalue weighted by molar-refractivity contribution is -0.120. The van der Waals surface area contributed by atoms with Gasteiger partial charge in [0.15, 0.2) is 0 Å².